The van der Waals surface area contributed by atoms with Crippen molar-refractivity contribution in [2.45, 2.75) is 57.5 Å². The summed E-state index contributed by atoms with van der Waals surface area (Å²) in [6, 6.07) is 9.74. The molecule has 2 rings (SSSR count). The zero-order valence-corrected chi connectivity index (χ0v) is 12.4. The molecule has 1 atom stereocenters. The lowest BCUT2D eigenvalue weighted by atomic mass is 9.97. The van der Waals surface area contributed by atoms with Crippen LogP contribution in [0.1, 0.15) is 55.7 Å². The molecule has 2 nitrogen and oxygen atoms in total. The highest BCUT2D eigenvalue weighted by molar-refractivity contribution is 5.29. The van der Waals surface area contributed by atoms with Gasteiger partial charge in [-0.25, -0.2) is 0 Å². The lowest BCUT2D eigenvalue weighted by Crippen LogP contribution is -2.38. The first kappa shape index (κ1) is 14.5. The number of nitrogens with two attached hydrogens (primary N) is 1. The molecule has 2 heteroatoms. The quantitative estimate of drug-likeness (QED) is 0.837. The van der Waals surface area contributed by atoms with Gasteiger partial charge in [0.15, 0.2) is 0 Å². The molecule has 1 unspecified atom stereocenters. The van der Waals surface area contributed by atoms with Crippen LogP contribution in [0.4, 0.5) is 0 Å². The number of hydrogen-bond donors (Lipinski definition) is 1. The summed E-state index contributed by atoms with van der Waals surface area (Å²) in [5.74, 6) is 0. The molecular weight excluding hydrogens is 232 g/mol. The molecule has 0 amide bonds. The minimum Gasteiger partial charge on any atom is -0.329 e. The molecule has 1 aromatic rings. The van der Waals surface area contributed by atoms with Gasteiger partial charge in [-0.2, -0.15) is 0 Å². The summed E-state index contributed by atoms with van der Waals surface area (Å²) in [6.07, 6.45) is 8.22. The van der Waals surface area contributed by atoms with Crippen molar-refractivity contribution in [2.75, 3.05) is 13.6 Å². The van der Waals surface area contributed by atoms with E-state index in [0.29, 0.717) is 18.6 Å². The van der Waals surface area contributed by atoms with Crippen LogP contribution in [0.5, 0.6) is 0 Å². The van der Waals surface area contributed by atoms with Gasteiger partial charge >= 0.3 is 0 Å². The summed E-state index contributed by atoms with van der Waals surface area (Å²) in [5, 5.41) is 0. The van der Waals surface area contributed by atoms with Gasteiger partial charge < -0.3 is 5.73 Å². The summed E-state index contributed by atoms with van der Waals surface area (Å²) in [7, 11) is 2.26. The van der Waals surface area contributed by atoms with E-state index >= 15 is 0 Å². The highest BCUT2D eigenvalue weighted by Gasteiger charge is 2.24. The van der Waals surface area contributed by atoms with E-state index in [-0.39, 0.29) is 0 Å². The molecule has 1 aromatic carbocycles. The lowest BCUT2D eigenvalue weighted by Gasteiger charge is -2.35. The molecule has 2 N–H and O–H groups in total. The van der Waals surface area contributed by atoms with E-state index in [1.165, 1.54) is 49.7 Å². The molecule has 0 aromatic heterocycles. The molecule has 0 bridgehead atoms. The summed E-state index contributed by atoms with van der Waals surface area (Å²) in [4.78, 5) is 2.54. The second kappa shape index (κ2) is 7.06. The Balaban J connectivity index is 2.14. The van der Waals surface area contributed by atoms with Crippen LogP contribution in [0.15, 0.2) is 24.3 Å². The van der Waals surface area contributed by atoms with Crippen molar-refractivity contribution in [1.82, 2.24) is 4.90 Å². The predicted molar refractivity (Wildman–Crippen MR) is 82.2 cm³/mol. The number of likely N-dealkylation sites (N-methyl/N-ethyl adjacent to an activating group) is 1. The van der Waals surface area contributed by atoms with Crippen LogP contribution < -0.4 is 5.73 Å². The van der Waals surface area contributed by atoms with Gasteiger partial charge in [0, 0.05) is 18.6 Å². The van der Waals surface area contributed by atoms with E-state index in [1.807, 2.05) is 0 Å². The molecule has 1 saturated carbocycles. The number of benzene rings is 1. The Labute approximate surface area is 118 Å². The van der Waals surface area contributed by atoms with E-state index in [1.54, 1.807) is 0 Å². The normalized spacial score (nSPS) is 19.4. The van der Waals surface area contributed by atoms with E-state index in [0.717, 1.165) is 0 Å². The van der Waals surface area contributed by atoms with Gasteiger partial charge in [0.05, 0.1) is 0 Å². The molecule has 1 fully saturated rings. The van der Waals surface area contributed by atoms with Crippen LogP contribution in [0, 0.1) is 6.92 Å². The second-order valence-corrected chi connectivity index (χ2v) is 5.92. The maximum absolute atomic E-state index is 6.08. The van der Waals surface area contributed by atoms with Gasteiger partial charge in [-0.1, -0.05) is 49.9 Å². The molecule has 1 aliphatic rings. The van der Waals surface area contributed by atoms with Crippen LogP contribution in [0.25, 0.3) is 0 Å². The molecule has 19 heavy (non-hydrogen) atoms. The van der Waals surface area contributed by atoms with Crippen LogP contribution in [-0.4, -0.2) is 24.5 Å². The molecular formula is C17H28N2. The van der Waals surface area contributed by atoms with Gasteiger partial charge in [0.2, 0.25) is 0 Å². The smallest absolute Gasteiger partial charge is 0.0472 e. The fourth-order valence-electron chi connectivity index (χ4n) is 3.39. The molecule has 0 radical (unpaired) electrons. The monoisotopic (exact) mass is 260 g/mol. The van der Waals surface area contributed by atoms with Crippen molar-refractivity contribution in [1.29, 1.82) is 0 Å². The van der Waals surface area contributed by atoms with Gasteiger partial charge in [-0.3, -0.25) is 4.90 Å². The number of nitrogens with zero attached hydrogens (tertiary/aromatic N) is 1. The highest BCUT2D eigenvalue weighted by Crippen LogP contribution is 2.29. The largest absolute Gasteiger partial charge is 0.329 e. The van der Waals surface area contributed by atoms with Crippen molar-refractivity contribution in [3.8, 4) is 0 Å². The van der Waals surface area contributed by atoms with Crippen LogP contribution in [-0.2, 0) is 0 Å². The van der Waals surface area contributed by atoms with Gasteiger partial charge in [-0.15, -0.1) is 0 Å². The van der Waals surface area contributed by atoms with Crippen molar-refractivity contribution in [3.63, 3.8) is 0 Å². The third-order valence-corrected chi connectivity index (χ3v) is 4.66. The molecule has 0 spiro atoms. The fraction of sp³-hybridized carbons (Fsp3) is 0.647. The Kier molecular flexibility index (Phi) is 5.41. The number of rotatable bonds is 4. The van der Waals surface area contributed by atoms with Crippen molar-refractivity contribution in [3.05, 3.63) is 35.4 Å². The molecule has 1 aliphatic carbocycles. The van der Waals surface area contributed by atoms with Crippen LogP contribution >= 0.6 is 0 Å². The van der Waals surface area contributed by atoms with E-state index < -0.39 is 0 Å². The Morgan fingerprint density at radius 3 is 2.37 bits per heavy atom. The maximum atomic E-state index is 6.08. The number of aryl methyl sites for hydroxylation is 1. The first-order chi connectivity index (χ1) is 9.24. The zero-order chi connectivity index (χ0) is 13.7. The summed E-state index contributed by atoms with van der Waals surface area (Å²) < 4.78 is 0. The van der Waals surface area contributed by atoms with E-state index in [4.69, 9.17) is 5.73 Å². The SMILES string of the molecule is Cc1ccccc1C(CN)N(C)C1CCCCCC1. The van der Waals surface area contributed by atoms with Gasteiger partial charge in [-0.05, 0) is 37.9 Å². The average Bonchev–Trinajstić information content (AvgIpc) is 2.70. The minimum atomic E-state index is 0.365. The lowest BCUT2D eigenvalue weighted by molar-refractivity contribution is 0.161. The topological polar surface area (TPSA) is 29.3 Å². The standard InChI is InChI=1S/C17H28N2/c1-14-9-7-8-12-16(14)17(13-18)19(2)15-10-5-3-4-6-11-15/h7-9,12,15,17H,3-6,10-11,13,18H2,1-2H3. The zero-order valence-electron chi connectivity index (χ0n) is 12.4. The second-order valence-electron chi connectivity index (χ2n) is 5.92. The first-order valence-corrected chi connectivity index (χ1v) is 7.71. The van der Waals surface area contributed by atoms with Crippen LogP contribution in [0.2, 0.25) is 0 Å². The Morgan fingerprint density at radius 1 is 1.16 bits per heavy atom. The summed E-state index contributed by atoms with van der Waals surface area (Å²) >= 11 is 0. The van der Waals surface area contributed by atoms with Crippen molar-refractivity contribution in [2.24, 2.45) is 5.73 Å². The fourth-order valence-corrected chi connectivity index (χ4v) is 3.39. The average molecular weight is 260 g/mol. The van der Waals surface area contributed by atoms with Crippen molar-refractivity contribution >= 4 is 0 Å². The molecule has 106 valence electrons. The third-order valence-electron chi connectivity index (χ3n) is 4.66. The van der Waals surface area contributed by atoms with E-state index in [9.17, 15) is 0 Å². The molecule has 0 heterocycles. The van der Waals surface area contributed by atoms with Gasteiger partial charge in [0.1, 0.15) is 0 Å². The third kappa shape index (κ3) is 3.58. The van der Waals surface area contributed by atoms with E-state index in [2.05, 4.69) is 43.1 Å². The van der Waals surface area contributed by atoms with Crippen molar-refractivity contribution < 1.29 is 0 Å². The minimum absolute atomic E-state index is 0.365. The molecule has 0 aliphatic heterocycles. The van der Waals surface area contributed by atoms with Crippen LogP contribution in [0.3, 0.4) is 0 Å². The Morgan fingerprint density at radius 2 is 1.79 bits per heavy atom. The Hall–Kier alpha value is -0.860. The highest BCUT2D eigenvalue weighted by atomic mass is 15.2. The predicted octanol–water partition coefficient (Wildman–Crippen LogP) is 3.65. The summed E-state index contributed by atoms with van der Waals surface area (Å²) in [6.45, 7) is 2.90. The van der Waals surface area contributed by atoms with Gasteiger partial charge in [0.25, 0.3) is 0 Å². The number of hydrogen-bond acceptors (Lipinski definition) is 2. The Bertz CT molecular complexity index is 381. The maximum Gasteiger partial charge on any atom is 0.0472 e. The summed E-state index contributed by atoms with van der Waals surface area (Å²) in [5.41, 5.74) is 8.84. The molecule has 0 saturated heterocycles. The first-order valence-electron chi connectivity index (χ1n) is 7.71.